The number of carbonyl (C=O) groups excluding carboxylic acids is 2. The smallest absolute Gasteiger partial charge is 0.300 e. The van der Waals surface area contributed by atoms with Gasteiger partial charge < -0.3 is 5.32 Å². The Balaban J connectivity index is 1.87. The second-order valence-corrected chi connectivity index (χ2v) is 8.71. The SMILES string of the molecule is NS(=O)(=O)c1cc(NC(=O)Cc2ccccc2Cl)ccc1C1=CCC(C(=O)C(F)F)=C1. The van der Waals surface area contributed by atoms with Gasteiger partial charge in [0.05, 0.1) is 11.3 Å². The fourth-order valence-electron chi connectivity index (χ4n) is 3.12. The minimum Gasteiger partial charge on any atom is -0.326 e. The molecule has 6 nitrogen and oxygen atoms in total. The van der Waals surface area contributed by atoms with Crippen molar-refractivity contribution in [3.63, 3.8) is 0 Å². The second-order valence-electron chi connectivity index (χ2n) is 6.77. The normalized spacial score (nSPS) is 13.7. The first-order chi connectivity index (χ1) is 14.6. The van der Waals surface area contributed by atoms with Crippen LogP contribution in [0.3, 0.4) is 0 Å². The largest absolute Gasteiger partial charge is 0.326 e. The van der Waals surface area contributed by atoms with Crippen LogP contribution in [0.25, 0.3) is 5.57 Å². The molecule has 1 amide bonds. The summed E-state index contributed by atoms with van der Waals surface area (Å²) >= 11 is 6.04. The number of sulfonamides is 1. The van der Waals surface area contributed by atoms with Gasteiger partial charge in [0.1, 0.15) is 0 Å². The van der Waals surface area contributed by atoms with E-state index in [-0.39, 0.29) is 40.1 Å². The summed E-state index contributed by atoms with van der Waals surface area (Å²) in [4.78, 5) is 23.5. The van der Waals surface area contributed by atoms with Crippen molar-refractivity contribution in [2.45, 2.75) is 24.2 Å². The number of nitrogens with two attached hydrogens (primary N) is 1. The molecule has 0 bridgehead atoms. The Hall–Kier alpha value is -2.88. The van der Waals surface area contributed by atoms with Crippen molar-refractivity contribution in [2.75, 3.05) is 5.32 Å². The summed E-state index contributed by atoms with van der Waals surface area (Å²) in [6, 6.07) is 10.8. The van der Waals surface area contributed by atoms with Crippen LogP contribution in [0.1, 0.15) is 17.5 Å². The van der Waals surface area contributed by atoms with Crippen LogP contribution in [0.2, 0.25) is 5.02 Å². The van der Waals surface area contributed by atoms with Crippen molar-refractivity contribution in [3.8, 4) is 0 Å². The molecule has 0 saturated heterocycles. The molecule has 3 rings (SSSR count). The number of anilines is 1. The van der Waals surface area contributed by atoms with E-state index in [2.05, 4.69) is 5.32 Å². The Morgan fingerprint density at radius 3 is 2.52 bits per heavy atom. The summed E-state index contributed by atoms with van der Waals surface area (Å²) in [5, 5.41) is 8.33. The number of amides is 1. The zero-order valence-electron chi connectivity index (χ0n) is 15.9. The lowest BCUT2D eigenvalue weighted by Gasteiger charge is -2.12. The van der Waals surface area contributed by atoms with Crippen molar-refractivity contribution in [1.29, 1.82) is 0 Å². The van der Waals surface area contributed by atoms with E-state index in [1.807, 2.05) is 0 Å². The van der Waals surface area contributed by atoms with Gasteiger partial charge in [-0.3, -0.25) is 9.59 Å². The van der Waals surface area contributed by atoms with E-state index in [0.717, 1.165) is 0 Å². The summed E-state index contributed by atoms with van der Waals surface area (Å²) in [6.07, 6.45) is -0.533. The number of hydrogen-bond acceptors (Lipinski definition) is 4. The molecule has 3 N–H and O–H groups in total. The van der Waals surface area contributed by atoms with Crippen LogP contribution in [0, 0.1) is 0 Å². The van der Waals surface area contributed by atoms with Gasteiger partial charge in [0.15, 0.2) is 0 Å². The Morgan fingerprint density at radius 2 is 1.87 bits per heavy atom. The van der Waals surface area contributed by atoms with E-state index in [4.69, 9.17) is 16.7 Å². The zero-order valence-corrected chi connectivity index (χ0v) is 17.5. The van der Waals surface area contributed by atoms with Crippen molar-refractivity contribution >= 4 is 44.6 Å². The standard InChI is InChI=1S/C21H17ClF2N2O4S/c22-17-4-2-1-3-13(17)10-19(27)26-15-7-8-16(18(11-15)31(25,29)30)12-5-6-14(9-12)20(28)21(23)24/h1-5,7-9,11,21H,6,10H2,(H,26,27)(H2,25,29,30). The van der Waals surface area contributed by atoms with Crippen LogP contribution >= 0.6 is 11.6 Å². The van der Waals surface area contributed by atoms with Crippen LogP contribution in [0.5, 0.6) is 0 Å². The number of halogens is 3. The Kier molecular flexibility index (Phi) is 6.68. The maximum atomic E-state index is 12.7. The number of hydrogen-bond donors (Lipinski definition) is 2. The summed E-state index contributed by atoms with van der Waals surface area (Å²) in [5.41, 5.74) is 1.08. The Bertz CT molecular complexity index is 1220. The fraction of sp³-hybridized carbons (Fsp3) is 0.143. The van der Waals surface area contributed by atoms with E-state index < -0.39 is 28.1 Å². The highest BCUT2D eigenvalue weighted by Gasteiger charge is 2.25. The van der Waals surface area contributed by atoms with Gasteiger partial charge in [0, 0.05) is 21.8 Å². The van der Waals surface area contributed by atoms with Gasteiger partial charge in [-0.05, 0) is 41.8 Å². The molecule has 0 spiro atoms. The number of alkyl halides is 2. The van der Waals surface area contributed by atoms with Gasteiger partial charge in [0.2, 0.25) is 21.7 Å². The quantitative estimate of drug-likeness (QED) is 0.648. The molecular formula is C21H17ClF2N2O4S. The number of carbonyl (C=O) groups is 2. The summed E-state index contributed by atoms with van der Waals surface area (Å²) in [5.74, 6) is -1.74. The average Bonchev–Trinajstić information content (AvgIpc) is 3.18. The van der Waals surface area contributed by atoms with Gasteiger partial charge in [-0.2, -0.15) is 0 Å². The molecule has 2 aromatic rings. The Morgan fingerprint density at radius 1 is 1.16 bits per heavy atom. The first kappa shape index (κ1) is 22.8. The molecule has 0 aliphatic heterocycles. The number of rotatable bonds is 7. The highest BCUT2D eigenvalue weighted by Crippen LogP contribution is 2.33. The molecule has 0 fully saturated rings. The van der Waals surface area contributed by atoms with Gasteiger partial charge >= 0.3 is 0 Å². The van der Waals surface area contributed by atoms with Gasteiger partial charge in [-0.25, -0.2) is 22.3 Å². The topological polar surface area (TPSA) is 106 Å². The van der Waals surface area contributed by atoms with E-state index in [1.165, 1.54) is 30.4 Å². The van der Waals surface area contributed by atoms with E-state index in [1.54, 1.807) is 24.3 Å². The van der Waals surface area contributed by atoms with Crippen LogP contribution < -0.4 is 10.5 Å². The predicted molar refractivity (Wildman–Crippen MR) is 113 cm³/mol. The lowest BCUT2D eigenvalue weighted by Crippen LogP contribution is -2.17. The minimum absolute atomic E-state index is 0.0286. The summed E-state index contributed by atoms with van der Waals surface area (Å²) < 4.78 is 49.6. The maximum absolute atomic E-state index is 12.7. The molecule has 31 heavy (non-hydrogen) atoms. The van der Waals surface area contributed by atoms with Gasteiger partial charge in [0.25, 0.3) is 6.43 Å². The van der Waals surface area contributed by atoms with Crippen molar-refractivity contribution < 1.29 is 26.8 Å². The molecule has 0 saturated carbocycles. The van der Waals surface area contributed by atoms with Crippen LogP contribution in [0.4, 0.5) is 14.5 Å². The van der Waals surface area contributed by atoms with Crippen LogP contribution in [-0.2, 0) is 26.0 Å². The number of benzene rings is 2. The number of Topliss-reactive ketones (excluding diaryl/α,β-unsaturated/α-hetero) is 1. The molecule has 0 radical (unpaired) electrons. The number of ketones is 1. The zero-order chi connectivity index (χ0) is 22.8. The number of allylic oxidation sites excluding steroid dienone is 4. The molecular weight excluding hydrogens is 450 g/mol. The molecule has 0 aromatic heterocycles. The third-order valence-electron chi connectivity index (χ3n) is 4.58. The molecule has 2 aromatic carbocycles. The molecule has 0 heterocycles. The first-order valence-corrected chi connectivity index (χ1v) is 10.9. The number of nitrogens with one attached hydrogen (secondary N) is 1. The van der Waals surface area contributed by atoms with E-state index >= 15 is 0 Å². The molecule has 0 unspecified atom stereocenters. The van der Waals surface area contributed by atoms with Crippen molar-refractivity contribution in [2.24, 2.45) is 5.14 Å². The average molecular weight is 467 g/mol. The Labute approximate surface area is 182 Å². The third kappa shape index (κ3) is 5.43. The third-order valence-corrected chi connectivity index (χ3v) is 5.90. The molecule has 1 aliphatic carbocycles. The minimum atomic E-state index is -4.22. The molecule has 162 valence electrons. The monoisotopic (exact) mass is 466 g/mol. The summed E-state index contributed by atoms with van der Waals surface area (Å²) in [6.45, 7) is 0. The van der Waals surface area contributed by atoms with Crippen molar-refractivity contribution in [3.05, 3.63) is 76.3 Å². The molecule has 1 aliphatic rings. The molecule has 0 atom stereocenters. The molecule has 10 heteroatoms. The van der Waals surface area contributed by atoms with Crippen LogP contribution in [0.15, 0.2) is 65.1 Å². The first-order valence-electron chi connectivity index (χ1n) is 9.00. The lowest BCUT2D eigenvalue weighted by molar-refractivity contribution is -0.125. The summed E-state index contributed by atoms with van der Waals surface area (Å²) in [7, 11) is -4.22. The van der Waals surface area contributed by atoms with Gasteiger partial charge in [-0.1, -0.05) is 41.9 Å². The van der Waals surface area contributed by atoms with Gasteiger partial charge in [-0.15, -0.1) is 0 Å². The van der Waals surface area contributed by atoms with E-state index in [0.29, 0.717) is 10.6 Å². The number of primary sulfonamides is 1. The fourth-order valence-corrected chi connectivity index (χ4v) is 4.11. The maximum Gasteiger partial charge on any atom is 0.300 e. The predicted octanol–water partition coefficient (Wildman–Crippen LogP) is 3.72. The van der Waals surface area contributed by atoms with Crippen molar-refractivity contribution in [1.82, 2.24) is 0 Å². The van der Waals surface area contributed by atoms with Crippen LogP contribution in [-0.4, -0.2) is 26.5 Å². The lowest BCUT2D eigenvalue weighted by atomic mass is 10.1. The van der Waals surface area contributed by atoms with E-state index in [9.17, 15) is 26.8 Å². The highest BCUT2D eigenvalue weighted by atomic mass is 35.5. The second kappa shape index (κ2) is 9.09. The highest BCUT2D eigenvalue weighted by molar-refractivity contribution is 7.89.